The minimum atomic E-state index is -3.64. The van der Waals surface area contributed by atoms with Crippen LogP contribution in [0.1, 0.15) is 5.56 Å². The molecular formula is C10H15ClN2O3S2. The quantitative estimate of drug-likeness (QED) is 0.790. The largest absolute Gasteiger partial charge is 0.397 e. The first-order valence-electron chi connectivity index (χ1n) is 5.09. The van der Waals surface area contributed by atoms with Crippen LogP contribution in [0.5, 0.6) is 0 Å². The average Bonchev–Trinajstić information content (AvgIpc) is 2.24. The fraction of sp³-hybridized carbons (Fsp3) is 0.400. The molecule has 0 spiro atoms. The van der Waals surface area contributed by atoms with Crippen molar-refractivity contribution in [2.75, 3.05) is 24.3 Å². The summed E-state index contributed by atoms with van der Waals surface area (Å²) >= 11 is 5.87. The standard InChI is InChI=1S/C10H15ClN2O3S2/c1-7-5-8(6-9(12)10(7)11)18(15,16)13-3-4-17(2)14/h5-6,13H,3-4,12H2,1-2H3. The molecule has 1 atom stereocenters. The van der Waals surface area contributed by atoms with Crippen LogP contribution in [0.4, 0.5) is 5.69 Å². The fourth-order valence-electron chi connectivity index (χ4n) is 1.32. The fourth-order valence-corrected chi connectivity index (χ4v) is 3.10. The van der Waals surface area contributed by atoms with E-state index in [9.17, 15) is 12.6 Å². The second kappa shape index (κ2) is 6.01. The molecule has 0 saturated carbocycles. The molecule has 1 aromatic carbocycles. The van der Waals surface area contributed by atoms with Gasteiger partial charge in [-0.2, -0.15) is 0 Å². The second-order valence-corrected chi connectivity index (χ2v) is 7.52. The van der Waals surface area contributed by atoms with Crippen molar-refractivity contribution in [1.82, 2.24) is 4.72 Å². The molecule has 0 radical (unpaired) electrons. The van der Waals surface area contributed by atoms with E-state index >= 15 is 0 Å². The number of rotatable bonds is 5. The maximum absolute atomic E-state index is 11.9. The number of benzene rings is 1. The Bertz CT molecular complexity index is 549. The highest BCUT2D eigenvalue weighted by molar-refractivity contribution is 7.89. The number of sulfonamides is 1. The van der Waals surface area contributed by atoms with Crippen molar-refractivity contribution in [3.05, 3.63) is 22.7 Å². The summed E-state index contributed by atoms with van der Waals surface area (Å²) < 4.78 is 37.1. The maximum atomic E-state index is 11.9. The lowest BCUT2D eigenvalue weighted by Gasteiger charge is -2.09. The molecule has 0 aliphatic carbocycles. The van der Waals surface area contributed by atoms with Gasteiger partial charge in [-0.25, -0.2) is 13.1 Å². The monoisotopic (exact) mass is 310 g/mol. The highest BCUT2D eigenvalue weighted by Gasteiger charge is 2.16. The van der Waals surface area contributed by atoms with E-state index in [0.29, 0.717) is 10.6 Å². The van der Waals surface area contributed by atoms with Crippen molar-refractivity contribution in [1.29, 1.82) is 0 Å². The van der Waals surface area contributed by atoms with Gasteiger partial charge in [-0.05, 0) is 24.6 Å². The van der Waals surface area contributed by atoms with E-state index in [1.165, 1.54) is 18.4 Å². The third-order valence-corrected chi connectivity index (χ3v) is 4.98. The SMILES string of the molecule is Cc1cc(S(=O)(=O)NCCS(C)=O)cc(N)c1Cl. The first-order chi connectivity index (χ1) is 8.24. The van der Waals surface area contributed by atoms with Gasteiger partial charge in [0.1, 0.15) is 0 Å². The Hall–Kier alpha value is -0.630. The lowest BCUT2D eigenvalue weighted by atomic mass is 10.2. The maximum Gasteiger partial charge on any atom is 0.240 e. The first kappa shape index (κ1) is 15.4. The lowest BCUT2D eigenvalue weighted by molar-refractivity contribution is 0.584. The van der Waals surface area contributed by atoms with Crippen LogP contribution >= 0.6 is 11.6 Å². The van der Waals surface area contributed by atoms with Crippen molar-refractivity contribution in [2.24, 2.45) is 0 Å². The molecule has 0 heterocycles. The van der Waals surface area contributed by atoms with Crippen molar-refractivity contribution >= 4 is 38.1 Å². The molecule has 5 nitrogen and oxygen atoms in total. The molecule has 0 aliphatic heterocycles. The summed E-state index contributed by atoms with van der Waals surface area (Å²) in [6, 6.07) is 2.75. The van der Waals surface area contributed by atoms with E-state index < -0.39 is 20.8 Å². The molecular weight excluding hydrogens is 296 g/mol. The van der Waals surface area contributed by atoms with Gasteiger partial charge in [0.05, 0.1) is 15.6 Å². The molecule has 8 heteroatoms. The van der Waals surface area contributed by atoms with Gasteiger partial charge in [0.15, 0.2) is 0 Å². The highest BCUT2D eigenvalue weighted by atomic mass is 35.5. The number of halogens is 1. The predicted molar refractivity (Wildman–Crippen MR) is 74.7 cm³/mol. The molecule has 0 amide bonds. The Kier molecular flexibility index (Phi) is 5.15. The second-order valence-electron chi connectivity index (χ2n) is 3.82. The van der Waals surface area contributed by atoms with E-state index in [-0.39, 0.29) is 22.9 Å². The predicted octanol–water partition coefficient (Wildman–Crippen LogP) is 0.887. The van der Waals surface area contributed by atoms with E-state index in [4.69, 9.17) is 17.3 Å². The van der Waals surface area contributed by atoms with E-state index in [1.54, 1.807) is 6.92 Å². The zero-order valence-corrected chi connectivity index (χ0v) is 12.5. The minimum Gasteiger partial charge on any atom is -0.397 e. The summed E-state index contributed by atoms with van der Waals surface area (Å²) in [6.45, 7) is 1.80. The zero-order valence-electron chi connectivity index (χ0n) is 10.1. The van der Waals surface area contributed by atoms with Gasteiger partial charge in [0.2, 0.25) is 10.0 Å². The van der Waals surface area contributed by atoms with Crippen LogP contribution in [-0.4, -0.2) is 31.2 Å². The molecule has 1 aromatic rings. The molecule has 18 heavy (non-hydrogen) atoms. The average molecular weight is 311 g/mol. The third-order valence-electron chi connectivity index (χ3n) is 2.25. The molecule has 0 aromatic heterocycles. The van der Waals surface area contributed by atoms with Gasteiger partial charge in [0.25, 0.3) is 0 Å². The summed E-state index contributed by atoms with van der Waals surface area (Å²) in [5, 5.41) is 0.351. The van der Waals surface area contributed by atoms with Gasteiger partial charge < -0.3 is 5.73 Å². The van der Waals surface area contributed by atoms with Gasteiger partial charge in [0, 0.05) is 29.4 Å². The van der Waals surface area contributed by atoms with Crippen LogP contribution in [0.15, 0.2) is 17.0 Å². The lowest BCUT2D eigenvalue weighted by Crippen LogP contribution is -2.27. The van der Waals surface area contributed by atoms with Crippen LogP contribution < -0.4 is 10.5 Å². The first-order valence-corrected chi connectivity index (χ1v) is 8.68. The zero-order chi connectivity index (χ0) is 13.9. The Morgan fingerprint density at radius 3 is 2.56 bits per heavy atom. The Labute approximate surface area is 114 Å². The Morgan fingerprint density at radius 2 is 2.06 bits per heavy atom. The number of anilines is 1. The van der Waals surface area contributed by atoms with Gasteiger partial charge in [-0.1, -0.05) is 11.6 Å². The number of hydrogen-bond acceptors (Lipinski definition) is 4. The van der Waals surface area contributed by atoms with Crippen molar-refractivity contribution in [3.8, 4) is 0 Å². The number of nitrogens with one attached hydrogen (secondary N) is 1. The topological polar surface area (TPSA) is 89.3 Å². The van der Waals surface area contributed by atoms with Gasteiger partial charge >= 0.3 is 0 Å². The van der Waals surface area contributed by atoms with Crippen LogP contribution in [0.3, 0.4) is 0 Å². The van der Waals surface area contributed by atoms with Crippen LogP contribution in [0, 0.1) is 6.92 Å². The molecule has 3 N–H and O–H groups in total. The van der Waals surface area contributed by atoms with Crippen LogP contribution in [-0.2, 0) is 20.8 Å². The molecule has 0 saturated heterocycles. The van der Waals surface area contributed by atoms with Crippen LogP contribution in [0.25, 0.3) is 0 Å². The Morgan fingerprint density at radius 1 is 1.44 bits per heavy atom. The summed E-state index contributed by atoms with van der Waals surface area (Å²) in [5.41, 5.74) is 6.43. The minimum absolute atomic E-state index is 0.0591. The Balaban J connectivity index is 2.95. The summed E-state index contributed by atoms with van der Waals surface area (Å²) in [4.78, 5) is 0.0591. The van der Waals surface area contributed by atoms with Gasteiger partial charge in [-0.3, -0.25) is 4.21 Å². The van der Waals surface area contributed by atoms with Crippen molar-refractivity contribution in [2.45, 2.75) is 11.8 Å². The number of nitrogen functional groups attached to an aromatic ring is 1. The van der Waals surface area contributed by atoms with Crippen LogP contribution in [0.2, 0.25) is 5.02 Å². The number of aryl methyl sites for hydroxylation is 1. The summed E-state index contributed by atoms with van der Waals surface area (Å²) in [5.74, 6) is 0.265. The molecule has 0 aliphatic rings. The molecule has 1 unspecified atom stereocenters. The van der Waals surface area contributed by atoms with Crippen molar-refractivity contribution in [3.63, 3.8) is 0 Å². The van der Waals surface area contributed by atoms with E-state index in [1.807, 2.05) is 0 Å². The molecule has 0 fully saturated rings. The molecule has 1 rings (SSSR count). The van der Waals surface area contributed by atoms with Crippen molar-refractivity contribution < 1.29 is 12.6 Å². The normalized spacial score (nSPS) is 13.5. The number of nitrogens with two attached hydrogens (primary N) is 1. The van der Waals surface area contributed by atoms with Gasteiger partial charge in [-0.15, -0.1) is 0 Å². The third kappa shape index (κ3) is 3.94. The molecule has 102 valence electrons. The smallest absolute Gasteiger partial charge is 0.240 e. The summed E-state index contributed by atoms with van der Waals surface area (Å²) in [6.07, 6.45) is 1.51. The number of hydrogen-bond donors (Lipinski definition) is 2. The highest BCUT2D eigenvalue weighted by Crippen LogP contribution is 2.26. The van der Waals surface area contributed by atoms with E-state index in [0.717, 1.165) is 0 Å². The van der Waals surface area contributed by atoms with E-state index in [2.05, 4.69) is 4.72 Å². The summed E-state index contributed by atoms with van der Waals surface area (Å²) in [7, 11) is -4.68. The molecule has 0 bridgehead atoms.